The Morgan fingerprint density at radius 3 is 2.86 bits per heavy atom. The van der Waals surface area contributed by atoms with Crippen molar-refractivity contribution < 1.29 is 0 Å². The van der Waals surface area contributed by atoms with E-state index in [1.165, 1.54) is 5.69 Å². The van der Waals surface area contributed by atoms with Crippen LogP contribution in [0.2, 0.25) is 0 Å². The molecule has 21 heavy (non-hydrogen) atoms. The van der Waals surface area contributed by atoms with Crippen LogP contribution in [0.5, 0.6) is 0 Å². The first-order valence-electron chi connectivity index (χ1n) is 6.95. The second-order valence-electron chi connectivity index (χ2n) is 5.29. The molecule has 0 fully saturated rings. The van der Waals surface area contributed by atoms with Gasteiger partial charge in [-0.05, 0) is 32.2 Å². The van der Waals surface area contributed by atoms with Crippen molar-refractivity contribution in [3.05, 3.63) is 59.7 Å². The quantitative estimate of drug-likeness (QED) is 0.797. The molecule has 0 atom stereocenters. The standard InChI is InChI=1S/C16H19N5/c1-12-14(21-9-4-3-7-15(21)19-12)11-20(2)10-13-6-5-8-18-16(13)17/h3-9H,10-11H2,1-2H3,(H2,17,18). The predicted octanol–water partition coefficient (Wildman–Crippen LogP) is 2.25. The number of nitrogen functional groups attached to an aromatic ring is 1. The van der Waals surface area contributed by atoms with E-state index in [-0.39, 0.29) is 0 Å². The summed E-state index contributed by atoms with van der Waals surface area (Å²) in [6.07, 6.45) is 3.77. The molecule has 0 bridgehead atoms. The minimum atomic E-state index is 0.596. The first kappa shape index (κ1) is 13.6. The van der Waals surface area contributed by atoms with Gasteiger partial charge in [-0.25, -0.2) is 9.97 Å². The minimum absolute atomic E-state index is 0.596. The molecule has 5 heteroatoms. The Labute approximate surface area is 124 Å². The van der Waals surface area contributed by atoms with Crippen LogP contribution in [-0.4, -0.2) is 26.3 Å². The van der Waals surface area contributed by atoms with Crippen LogP contribution in [0.25, 0.3) is 5.65 Å². The zero-order valence-corrected chi connectivity index (χ0v) is 12.3. The number of rotatable bonds is 4. The van der Waals surface area contributed by atoms with E-state index in [0.29, 0.717) is 5.82 Å². The number of pyridine rings is 2. The third-order valence-corrected chi connectivity index (χ3v) is 3.62. The molecule has 0 aliphatic heterocycles. The molecule has 0 saturated carbocycles. The lowest BCUT2D eigenvalue weighted by Gasteiger charge is -2.17. The van der Waals surface area contributed by atoms with E-state index in [0.717, 1.165) is 30.0 Å². The van der Waals surface area contributed by atoms with Gasteiger partial charge in [0.05, 0.1) is 11.4 Å². The molecule has 3 rings (SSSR count). The molecule has 0 spiro atoms. The summed E-state index contributed by atoms with van der Waals surface area (Å²) in [5, 5.41) is 0. The number of anilines is 1. The number of aromatic nitrogens is 3. The van der Waals surface area contributed by atoms with Crippen LogP contribution in [-0.2, 0) is 13.1 Å². The average Bonchev–Trinajstić information content (AvgIpc) is 2.78. The van der Waals surface area contributed by atoms with Gasteiger partial charge in [0.25, 0.3) is 0 Å². The van der Waals surface area contributed by atoms with Crippen molar-refractivity contribution in [2.75, 3.05) is 12.8 Å². The molecule has 3 heterocycles. The van der Waals surface area contributed by atoms with Gasteiger partial charge in [-0.2, -0.15) is 0 Å². The SMILES string of the molecule is Cc1nc2ccccn2c1CN(C)Cc1cccnc1N. The number of nitrogens with two attached hydrogens (primary N) is 1. The Morgan fingerprint density at radius 2 is 2.05 bits per heavy atom. The number of fused-ring (bicyclic) bond motifs is 1. The summed E-state index contributed by atoms with van der Waals surface area (Å²) in [6.45, 7) is 3.62. The highest BCUT2D eigenvalue weighted by Crippen LogP contribution is 2.16. The molecule has 0 aliphatic rings. The van der Waals surface area contributed by atoms with Gasteiger partial charge in [-0.3, -0.25) is 4.90 Å². The highest BCUT2D eigenvalue weighted by Gasteiger charge is 2.11. The third-order valence-electron chi connectivity index (χ3n) is 3.62. The van der Waals surface area contributed by atoms with Crippen LogP contribution in [0.3, 0.4) is 0 Å². The molecule has 2 N–H and O–H groups in total. The summed E-state index contributed by atoms with van der Waals surface area (Å²) in [5.41, 5.74) is 10.2. The van der Waals surface area contributed by atoms with Crippen LogP contribution in [0.4, 0.5) is 5.82 Å². The first-order chi connectivity index (χ1) is 10.1. The van der Waals surface area contributed by atoms with Crippen LogP contribution < -0.4 is 5.73 Å². The number of imidazole rings is 1. The monoisotopic (exact) mass is 281 g/mol. The van der Waals surface area contributed by atoms with Gasteiger partial charge >= 0.3 is 0 Å². The number of hydrogen-bond acceptors (Lipinski definition) is 4. The van der Waals surface area contributed by atoms with Crippen LogP contribution >= 0.6 is 0 Å². The molecule has 0 aliphatic carbocycles. The molecular formula is C16H19N5. The van der Waals surface area contributed by atoms with E-state index in [2.05, 4.69) is 39.4 Å². The van der Waals surface area contributed by atoms with E-state index in [9.17, 15) is 0 Å². The minimum Gasteiger partial charge on any atom is -0.383 e. The maximum absolute atomic E-state index is 5.91. The Morgan fingerprint density at radius 1 is 1.19 bits per heavy atom. The number of hydrogen-bond donors (Lipinski definition) is 1. The molecule has 3 aromatic rings. The number of nitrogens with zero attached hydrogens (tertiary/aromatic N) is 4. The summed E-state index contributed by atoms with van der Waals surface area (Å²) < 4.78 is 2.14. The van der Waals surface area contributed by atoms with Crippen molar-refractivity contribution >= 4 is 11.5 Å². The van der Waals surface area contributed by atoms with Gasteiger partial charge in [0.1, 0.15) is 11.5 Å². The Balaban J connectivity index is 1.82. The lowest BCUT2D eigenvalue weighted by atomic mass is 10.2. The van der Waals surface area contributed by atoms with Gasteiger partial charge in [-0.15, -0.1) is 0 Å². The largest absolute Gasteiger partial charge is 0.383 e. The topological polar surface area (TPSA) is 59.5 Å². The van der Waals surface area contributed by atoms with Crippen LogP contribution in [0, 0.1) is 6.92 Å². The van der Waals surface area contributed by atoms with Gasteiger partial charge in [-0.1, -0.05) is 12.1 Å². The lowest BCUT2D eigenvalue weighted by Crippen LogP contribution is -2.19. The Bertz CT molecular complexity index is 762. The highest BCUT2D eigenvalue weighted by atomic mass is 15.1. The normalized spacial score (nSPS) is 11.4. The summed E-state index contributed by atoms with van der Waals surface area (Å²) in [6, 6.07) is 9.98. The maximum Gasteiger partial charge on any atom is 0.137 e. The average molecular weight is 281 g/mol. The van der Waals surface area contributed by atoms with Crippen molar-refractivity contribution in [1.82, 2.24) is 19.3 Å². The fraction of sp³-hybridized carbons (Fsp3) is 0.250. The molecule has 0 radical (unpaired) electrons. The van der Waals surface area contributed by atoms with Crippen LogP contribution in [0.15, 0.2) is 42.7 Å². The summed E-state index contributed by atoms with van der Waals surface area (Å²) in [4.78, 5) is 10.9. The predicted molar refractivity (Wildman–Crippen MR) is 83.7 cm³/mol. The zero-order chi connectivity index (χ0) is 14.8. The molecule has 0 aromatic carbocycles. The molecule has 0 amide bonds. The van der Waals surface area contributed by atoms with Gasteiger partial charge in [0.15, 0.2) is 0 Å². The summed E-state index contributed by atoms with van der Waals surface area (Å²) in [7, 11) is 2.08. The third kappa shape index (κ3) is 2.73. The smallest absolute Gasteiger partial charge is 0.137 e. The number of aryl methyl sites for hydroxylation is 1. The fourth-order valence-electron chi connectivity index (χ4n) is 2.54. The first-order valence-corrected chi connectivity index (χ1v) is 6.95. The van der Waals surface area contributed by atoms with E-state index in [1.807, 2.05) is 30.3 Å². The zero-order valence-electron chi connectivity index (χ0n) is 12.3. The second kappa shape index (κ2) is 5.54. The van der Waals surface area contributed by atoms with Crippen molar-refractivity contribution in [1.29, 1.82) is 0 Å². The summed E-state index contributed by atoms with van der Waals surface area (Å²) in [5.74, 6) is 0.596. The molecular weight excluding hydrogens is 262 g/mol. The molecule has 0 saturated heterocycles. The molecule has 5 nitrogen and oxygen atoms in total. The second-order valence-corrected chi connectivity index (χ2v) is 5.29. The molecule has 3 aromatic heterocycles. The van der Waals surface area contributed by atoms with Crippen LogP contribution in [0.1, 0.15) is 17.0 Å². The van der Waals surface area contributed by atoms with Gasteiger partial charge in [0.2, 0.25) is 0 Å². The Kier molecular flexibility index (Phi) is 3.58. The maximum atomic E-state index is 5.91. The molecule has 108 valence electrons. The van der Waals surface area contributed by atoms with E-state index < -0.39 is 0 Å². The van der Waals surface area contributed by atoms with Crippen molar-refractivity contribution in [2.45, 2.75) is 20.0 Å². The van der Waals surface area contributed by atoms with Gasteiger partial charge < -0.3 is 10.1 Å². The van der Waals surface area contributed by atoms with E-state index in [1.54, 1.807) is 6.20 Å². The van der Waals surface area contributed by atoms with E-state index >= 15 is 0 Å². The Hall–Kier alpha value is -2.40. The van der Waals surface area contributed by atoms with Crippen molar-refractivity contribution in [2.24, 2.45) is 0 Å². The van der Waals surface area contributed by atoms with Crippen molar-refractivity contribution in [3.8, 4) is 0 Å². The highest BCUT2D eigenvalue weighted by molar-refractivity contribution is 5.43. The van der Waals surface area contributed by atoms with Crippen molar-refractivity contribution in [3.63, 3.8) is 0 Å². The summed E-state index contributed by atoms with van der Waals surface area (Å²) >= 11 is 0. The fourth-order valence-corrected chi connectivity index (χ4v) is 2.54. The molecule has 0 unspecified atom stereocenters. The van der Waals surface area contributed by atoms with Gasteiger partial charge in [0, 0.05) is 31.0 Å². The van der Waals surface area contributed by atoms with E-state index in [4.69, 9.17) is 5.73 Å². The lowest BCUT2D eigenvalue weighted by molar-refractivity contribution is 0.313.